The highest BCUT2D eigenvalue weighted by atomic mass is 16.5. The second kappa shape index (κ2) is 4.16. The standard InChI is InChI=1S/C10H12N4O4/c15-2-6-5(16)1-7(18-6)14-4-13-8-9(14)11-3-12-10(8)17/h3-7,15-16H,1-2H2,(H,11,12,17)/t5-,6+,7?/m1/s1. The number of fused-ring (bicyclic) bond motifs is 1. The number of hydrogen-bond acceptors (Lipinski definition) is 6. The number of rotatable bonds is 2. The molecule has 0 amide bonds. The predicted octanol–water partition coefficient (Wildman–Crippen LogP) is -1.24. The first-order valence-corrected chi connectivity index (χ1v) is 5.55. The van der Waals surface area contributed by atoms with E-state index in [1.807, 2.05) is 0 Å². The van der Waals surface area contributed by atoms with Crippen molar-refractivity contribution in [3.63, 3.8) is 0 Å². The van der Waals surface area contributed by atoms with Crippen molar-refractivity contribution < 1.29 is 14.9 Å². The maximum atomic E-state index is 11.5. The van der Waals surface area contributed by atoms with E-state index in [9.17, 15) is 9.90 Å². The second-order valence-corrected chi connectivity index (χ2v) is 4.17. The largest absolute Gasteiger partial charge is 0.394 e. The highest BCUT2D eigenvalue weighted by molar-refractivity contribution is 5.68. The molecular formula is C10H12N4O4. The van der Waals surface area contributed by atoms with Crippen molar-refractivity contribution in [3.05, 3.63) is 23.0 Å². The summed E-state index contributed by atoms with van der Waals surface area (Å²) in [6.45, 7) is -0.252. The Bertz CT molecular complexity index is 622. The third kappa shape index (κ3) is 1.62. The number of nitrogens with one attached hydrogen (secondary N) is 1. The van der Waals surface area contributed by atoms with Gasteiger partial charge >= 0.3 is 0 Å². The molecule has 96 valence electrons. The molecule has 0 saturated carbocycles. The van der Waals surface area contributed by atoms with Crippen molar-refractivity contribution in [1.29, 1.82) is 0 Å². The predicted molar refractivity (Wildman–Crippen MR) is 59.8 cm³/mol. The average Bonchev–Trinajstić information content (AvgIpc) is 2.93. The summed E-state index contributed by atoms with van der Waals surface area (Å²) in [4.78, 5) is 21.9. The Morgan fingerprint density at radius 2 is 2.39 bits per heavy atom. The molecule has 18 heavy (non-hydrogen) atoms. The van der Waals surface area contributed by atoms with Crippen LogP contribution in [0, 0.1) is 0 Å². The van der Waals surface area contributed by atoms with Crippen LogP contribution in [-0.2, 0) is 4.74 Å². The van der Waals surface area contributed by atoms with Gasteiger partial charge in [-0.3, -0.25) is 9.36 Å². The molecular weight excluding hydrogens is 240 g/mol. The SMILES string of the molecule is O=c1[nH]cnc2c1ncn2C1C[C@@H](O)[C@H](CO)O1. The zero-order valence-corrected chi connectivity index (χ0v) is 9.35. The van der Waals surface area contributed by atoms with Gasteiger partial charge in [-0.1, -0.05) is 0 Å². The van der Waals surface area contributed by atoms with Gasteiger partial charge in [0.25, 0.3) is 5.56 Å². The maximum absolute atomic E-state index is 11.5. The molecule has 0 aromatic carbocycles. The number of imidazole rings is 1. The summed E-state index contributed by atoms with van der Waals surface area (Å²) in [5, 5.41) is 18.7. The van der Waals surface area contributed by atoms with Crippen LogP contribution >= 0.6 is 0 Å². The van der Waals surface area contributed by atoms with Crippen LogP contribution < -0.4 is 5.56 Å². The summed E-state index contributed by atoms with van der Waals surface area (Å²) < 4.78 is 7.07. The molecule has 8 nitrogen and oxygen atoms in total. The summed E-state index contributed by atoms with van der Waals surface area (Å²) in [7, 11) is 0. The average molecular weight is 252 g/mol. The summed E-state index contributed by atoms with van der Waals surface area (Å²) in [5.41, 5.74) is 0.300. The molecule has 0 bridgehead atoms. The number of aromatic amines is 1. The van der Waals surface area contributed by atoms with Crippen LogP contribution in [0.3, 0.4) is 0 Å². The zero-order chi connectivity index (χ0) is 12.7. The third-order valence-electron chi connectivity index (χ3n) is 3.06. The zero-order valence-electron chi connectivity index (χ0n) is 9.35. The van der Waals surface area contributed by atoms with Gasteiger partial charge in [0, 0.05) is 6.42 Å². The van der Waals surface area contributed by atoms with Crippen molar-refractivity contribution in [2.24, 2.45) is 0 Å². The van der Waals surface area contributed by atoms with Crippen LogP contribution in [0.1, 0.15) is 12.6 Å². The van der Waals surface area contributed by atoms with Crippen LogP contribution in [0.2, 0.25) is 0 Å². The normalized spacial score (nSPS) is 28.0. The highest BCUT2D eigenvalue weighted by Crippen LogP contribution is 2.29. The van der Waals surface area contributed by atoms with Gasteiger partial charge in [-0.05, 0) is 0 Å². The fraction of sp³-hybridized carbons (Fsp3) is 0.500. The Labute approximate surface area is 101 Å². The molecule has 0 aliphatic carbocycles. The summed E-state index contributed by atoms with van der Waals surface area (Å²) in [6, 6.07) is 0. The first-order chi connectivity index (χ1) is 8.70. The van der Waals surface area contributed by atoms with Crippen molar-refractivity contribution in [1.82, 2.24) is 19.5 Å². The summed E-state index contributed by atoms with van der Waals surface area (Å²) in [5.74, 6) is 0. The van der Waals surface area contributed by atoms with E-state index in [4.69, 9.17) is 9.84 Å². The van der Waals surface area contributed by atoms with Gasteiger partial charge < -0.3 is 19.9 Å². The van der Waals surface area contributed by atoms with Crippen molar-refractivity contribution in [3.8, 4) is 0 Å². The molecule has 1 aliphatic heterocycles. The minimum Gasteiger partial charge on any atom is -0.394 e. The molecule has 1 unspecified atom stereocenters. The Balaban J connectivity index is 2.01. The molecule has 1 fully saturated rings. The molecule has 2 aromatic heterocycles. The van der Waals surface area contributed by atoms with E-state index in [1.54, 1.807) is 4.57 Å². The van der Waals surface area contributed by atoms with Gasteiger partial charge in [0.2, 0.25) is 0 Å². The van der Waals surface area contributed by atoms with Gasteiger partial charge in [-0.25, -0.2) is 9.97 Å². The minimum atomic E-state index is -0.737. The number of aliphatic hydroxyl groups is 2. The summed E-state index contributed by atoms with van der Waals surface area (Å²) >= 11 is 0. The molecule has 1 aliphatic rings. The molecule has 3 rings (SSSR count). The fourth-order valence-electron chi connectivity index (χ4n) is 2.12. The van der Waals surface area contributed by atoms with Crippen LogP contribution in [0.4, 0.5) is 0 Å². The van der Waals surface area contributed by atoms with Crippen molar-refractivity contribution in [2.45, 2.75) is 24.9 Å². The molecule has 3 heterocycles. The number of nitrogens with zero attached hydrogens (tertiary/aromatic N) is 3. The van der Waals surface area contributed by atoms with E-state index in [0.29, 0.717) is 12.1 Å². The Kier molecular flexibility index (Phi) is 2.62. The van der Waals surface area contributed by atoms with Gasteiger partial charge in [0.1, 0.15) is 12.3 Å². The topological polar surface area (TPSA) is 113 Å². The van der Waals surface area contributed by atoms with E-state index in [-0.39, 0.29) is 17.7 Å². The number of hydrogen-bond donors (Lipinski definition) is 3. The van der Waals surface area contributed by atoms with Gasteiger partial charge in [-0.15, -0.1) is 0 Å². The first-order valence-electron chi connectivity index (χ1n) is 5.55. The maximum Gasteiger partial charge on any atom is 0.278 e. The molecule has 3 N–H and O–H groups in total. The number of aliphatic hydroxyl groups excluding tert-OH is 2. The van der Waals surface area contributed by atoms with E-state index < -0.39 is 18.4 Å². The van der Waals surface area contributed by atoms with Crippen LogP contribution in [0.15, 0.2) is 17.4 Å². The first kappa shape index (κ1) is 11.3. The molecule has 0 spiro atoms. The van der Waals surface area contributed by atoms with Gasteiger partial charge in [0.15, 0.2) is 11.2 Å². The lowest BCUT2D eigenvalue weighted by atomic mass is 10.2. The van der Waals surface area contributed by atoms with E-state index in [0.717, 1.165) is 0 Å². The third-order valence-corrected chi connectivity index (χ3v) is 3.06. The number of ether oxygens (including phenoxy) is 1. The molecule has 8 heteroatoms. The summed E-state index contributed by atoms with van der Waals surface area (Å²) in [6.07, 6.45) is 1.23. The number of aromatic nitrogens is 4. The quantitative estimate of drug-likeness (QED) is 0.616. The number of H-pyrrole nitrogens is 1. The van der Waals surface area contributed by atoms with Crippen molar-refractivity contribution in [2.75, 3.05) is 6.61 Å². The Morgan fingerprint density at radius 1 is 1.56 bits per heavy atom. The van der Waals surface area contributed by atoms with E-state index >= 15 is 0 Å². The smallest absolute Gasteiger partial charge is 0.278 e. The van der Waals surface area contributed by atoms with E-state index in [1.165, 1.54) is 12.7 Å². The van der Waals surface area contributed by atoms with Gasteiger partial charge in [-0.2, -0.15) is 0 Å². The molecule has 1 saturated heterocycles. The lowest BCUT2D eigenvalue weighted by Crippen LogP contribution is -2.24. The monoisotopic (exact) mass is 252 g/mol. The van der Waals surface area contributed by atoms with E-state index in [2.05, 4.69) is 15.0 Å². The van der Waals surface area contributed by atoms with Crippen LogP contribution in [-0.4, -0.2) is 48.5 Å². The fourth-order valence-corrected chi connectivity index (χ4v) is 2.12. The Hall–Kier alpha value is -1.77. The Morgan fingerprint density at radius 3 is 3.11 bits per heavy atom. The van der Waals surface area contributed by atoms with Crippen LogP contribution in [0.25, 0.3) is 11.2 Å². The lowest BCUT2D eigenvalue weighted by molar-refractivity contribution is -0.0432. The second-order valence-electron chi connectivity index (χ2n) is 4.17. The highest BCUT2D eigenvalue weighted by Gasteiger charge is 2.35. The minimum absolute atomic E-state index is 0.225. The van der Waals surface area contributed by atoms with Gasteiger partial charge in [0.05, 0.1) is 25.4 Å². The molecule has 2 aromatic rings. The lowest BCUT2D eigenvalue weighted by Gasteiger charge is -2.13. The molecule has 3 atom stereocenters. The molecule has 0 radical (unpaired) electrons. The van der Waals surface area contributed by atoms with Crippen molar-refractivity contribution >= 4 is 11.2 Å². The van der Waals surface area contributed by atoms with Crippen LogP contribution in [0.5, 0.6) is 0 Å².